The number of carbonyl (C=O) groups excluding carboxylic acids is 2. The van der Waals surface area contributed by atoms with Crippen molar-refractivity contribution in [1.82, 2.24) is 15.2 Å². The number of aromatic nitrogens is 1. The molecule has 8 heteroatoms. The predicted octanol–water partition coefficient (Wildman–Crippen LogP) is 1.95. The number of nitrogens with one attached hydrogen (secondary N) is 2. The molecule has 1 unspecified atom stereocenters. The van der Waals surface area contributed by atoms with Gasteiger partial charge in [0.2, 0.25) is 5.91 Å². The van der Waals surface area contributed by atoms with E-state index in [9.17, 15) is 9.59 Å². The zero-order valence-corrected chi connectivity index (χ0v) is 16.1. The van der Waals surface area contributed by atoms with Crippen molar-refractivity contribution in [3.05, 3.63) is 48.7 Å². The molecule has 1 saturated heterocycles. The first-order chi connectivity index (χ1) is 13.6. The van der Waals surface area contributed by atoms with Crippen LogP contribution in [0.2, 0.25) is 0 Å². The predicted molar refractivity (Wildman–Crippen MR) is 108 cm³/mol. The second-order valence-corrected chi connectivity index (χ2v) is 6.52. The maximum absolute atomic E-state index is 12.5. The lowest BCUT2D eigenvalue weighted by Crippen LogP contribution is -2.54. The van der Waals surface area contributed by atoms with E-state index in [1.807, 2.05) is 30.3 Å². The summed E-state index contributed by atoms with van der Waals surface area (Å²) in [5, 5.41) is 5.55. The van der Waals surface area contributed by atoms with Crippen LogP contribution in [0.4, 0.5) is 16.3 Å². The minimum Gasteiger partial charge on any atom is -0.495 e. The molecule has 148 valence electrons. The number of rotatable bonds is 5. The van der Waals surface area contributed by atoms with E-state index >= 15 is 0 Å². The Morgan fingerprint density at radius 1 is 1.07 bits per heavy atom. The smallest absolute Gasteiger partial charge is 0.318 e. The van der Waals surface area contributed by atoms with Crippen LogP contribution in [0.25, 0.3) is 0 Å². The Hall–Kier alpha value is -3.29. The lowest BCUT2D eigenvalue weighted by Gasteiger charge is -2.35. The lowest BCUT2D eigenvalue weighted by atomic mass is 10.2. The Balaban J connectivity index is 1.50. The van der Waals surface area contributed by atoms with Crippen molar-refractivity contribution in [1.29, 1.82) is 0 Å². The zero-order chi connectivity index (χ0) is 19.9. The van der Waals surface area contributed by atoms with Crippen LogP contribution in [-0.4, -0.2) is 61.2 Å². The normalized spacial score (nSPS) is 14.9. The van der Waals surface area contributed by atoms with Gasteiger partial charge < -0.3 is 25.2 Å². The van der Waals surface area contributed by atoms with Crippen molar-refractivity contribution in [2.45, 2.75) is 13.0 Å². The maximum atomic E-state index is 12.5. The minimum absolute atomic E-state index is 0.247. The molecule has 3 rings (SSSR count). The van der Waals surface area contributed by atoms with Crippen LogP contribution in [0.15, 0.2) is 48.7 Å². The van der Waals surface area contributed by atoms with Crippen LogP contribution in [0.5, 0.6) is 5.75 Å². The first-order valence-corrected chi connectivity index (χ1v) is 9.24. The van der Waals surface area contributed by atoms with Gasteiger partial charge in [-0.05, 0) is 31.2 Å². The van der Waals surface area contributed by atoms with E-state index in [2.05, 4.69) is 20.5 Å². The molecule has 3 amide bonds. The lowest BCUT2D eigenvalue weighted by molar-refractivity contribution is -0.117. The number of pyridine rings is 1. The highest BCUT2D eigenvalue weighted by Crippen LogP contribution is 2.23. The van der Waals surface area contributed by atoms with Crippen LogP contribution in [0.3, 0.4) is 0 Å². The summed E-state index contributed by atoms with van der Waals surface area (Å²) in [6, 6.07) is 12.0. The van der Waals surface area contributed by atoms with Gasteiger partial charge in [-0.15, -0.1) is 0 Å². The number of anilines is 2. The second kappa shape index (κ2) is 9.07. The topological polar surface area (TPSA) is 86.8 Å². The van der Waals surface area contributed by atoms with Crippen LogP contribution >= 0.6 is 0 Å². The van der Waals surface area contributed by atoms with Gasteiger partial charge in [-0.25, -0.2) is 9.78 Å². The van der Waals surface area contributed by atoms with E-state index < -0.39 is 6.04 Å². The third-order valence-corrected chi connectivity index (χ3v) is 4.64. The number of benzene rings is 1. The molecule has 0 aliphatic carbocycles. The SMILES string of the molecule is COc1ccccc1NC(=O)C(C)NC(=O)N1CCN(c2ccccn2)CC1. The van der Waals surface area contributed by atoms with Crippen LogP contribution in [0, 0.1) is 0 Å². The number of para-hydroxylation sites is 2. The average Bonchev–Trinajstić information content (AvgIpc) is 2.74. The van der Waals surface area contributed by atoms with Gasteiger partial charge in [0, 0.05) is 32.4 Å². The van der Waals surface area contributed by atoms with Gasteiger partial charge in [0.15, 0.2) is 0 Å². The van der Waals surface area contributed by atoms with Gasteiger partial charge >= 0.3 is 6.03 Å². The van der Waals surface area contributed by atoms with Crippen LogP contribution in [0.1, 0.15) is 6.92 Å². The first kappa shape index (κ1) is 19.5. The molecule has 0 radical (unpaired) electrons. The summed E-state index contributed by atoms with van der Waals surface area (Å²) in [7, 11) is 1.54. The van der Waals surface area contributed by atoms with Crippen molar-refractivity contribution in [2.75, 3.05) is 43.5 Å². The number of methoxy groups -OCH3 is 1. The average molecular weight is 383 g/mol. The van der Waals surface area contributed by atoms with E-state index in [-0.39, 0.29) is 11.9 Å². The molecule has 0 saturated carbocycles. The van der Waals surface area contributed by atoms with Gasteiger partial charge in [-0.1, -0.05) is 18.2 Å². The molecule has 28 heavy (non-hydrogen) atoms. The van der Waals surface area contributed by atoms with Crippen molar-refractivity contribution in [3.8, 4) is 5.75 Å². The van der Waals surface area contributed by atoms with Crippen molar-refractivity contribution in [3.63, 3.8) is 0 Å². The van der Waals surface area contributed by atoms with Crippen molar-refractivity contribution >= 4 is 23.4 Å². The molecule has 0 spiro atoms. The quantitative estimate of drug-likeness (QED) is 0.824. The van der Waals surface area contributed by atoms with Crippen LogP contribution < -0.4 is 20.3 Å². The molecule has 1 fully saturated rings. The molecule has 0 bridgehead atoms. The second-order valence-electron chi connectivity index (χ2n) is 6.52. The molecule has 1 aliphatic rings. The summed E-state index contributed by atoms with van der Waals surface area (Å²) in [6.45, 7) is 4.21. The van der Waals surface area contributed by atoms with Gasteiger partial charge in [0.05, 0.1) is 12.8 Å². The number of carbonyl (C=O) groups is 2. The summed E-state index contributed by atoms with van der Waals surface area (Å²) in [5.74, 6) is 1.18. The summed E-state index contributed by atoms with van der Waals surface area (Å²) in [6.07, 6.45) is 1.76. The van der Waals surface area contributed by atoms with E-state index in [1.165, 1.54) is 0 Å². The summed E-state index contributed by atoms with van der Waals surface area (Å²) < 4.78 is 5.23. The van der Waals surface area contributed by atoms with E-state index in [0.717, 1.165) is 5.82 Å². The molecule has 8 nitrogen and oxygen atoms in total. The molecule has 2 heterocycles. The number of hydrogen-bond donors (Lipinski definition) is 2. The van der Waals surface area contributed by atoms with Gasteiger partial charge in [0.1, 0.15) is 17.6 Å². The van der Waals surface area contributed by atoms with Gasteiger partial charge in [-0.3, -0.25) is 4.79 Å². The third-order valence-electron chi connectivity index (χ3n) is 4.64. The molecule has 1 aliphatic heterocycles. The number of piperazine rings is 1. The van der Waals surface area contributed by atoms with E-state index in [4.69, 9.17) is 4.74 Å². The fraction of sp³-hybridized carbons (Fsp3) is 0.350. The number of urea groups is 1. The van der Waals surface area contributed by atoms with Crippen LogP contribution in [-0.2, 0) is 4.79 Å². The molecule has 1 aromatic heterocycles. The van der Waals surface area contributed by atoms with E-state index in [0.29, 0.717) is 37.6 Å². The fourth-order valence-corrected chi connectivity index (χ4v) is 3.01. The highest BCUT2D eigenvalue weighted by molar-refractivity contribution is 5.97. The Morgan fingerprint density at radius 3 is 2.46 bits per heavy atom. The summed E-state index contributed by atoms with van der Waals surface area (Å²) in [5.41, 5.74) is 0.570. The molecular formula is C20H25N5O3. The Kier molecular flexibility index (Phi) is 6.31. The highest BCUT2D eigenvalue weighted by atomic mass is 16.5. The monoisotopic (exact) mass is 383 g/mol. The Bertz CT molecular complexity index is 806. The molecule has 2 aromatic rings. The van der Waals surface area contributed by atoms with E-state index in [1.54, 1.807) is 37.3 Å². The minimum atomic E-state index is -0.675. The number of ether oxygens (including phenoxy) is 1. The third kappa shape index (κ3) is 4.70. The standard InChI is InChI=1S/C20H25N5O3/c1-15(19(26)23-16-7-3-4-8-17(16)28-2)22-20(27)25-13-11-24(12-14-25)18-9-5-6-10-21-18/h3-10,15H,11-14H2,1-2H3,(H,22,27)(H,23,26). The first-order valence-electron chi connectivity index (χ1n) is 9.24. The largest absolute Gasteiger partial charge is 0.495 e. The highest BCUT2D eigenvalue weighted by Gasteiger charge is 2.24. The van der Waals surface area contributed by atoms with Gasteiger partial charge in [-0.2, -0.15) is 0 Å². The molecule has 1 aromatic carbocycles. The maximum Gasteiger partial charge on any atom is 0.318 e. The molecule has 2 N–H and O–H groups in total. The Morgan fingerprint density at radius 2 is 1.79 bits per heavy atom. The zero-order valence-electron chi connectivity index (χ0n) is 16.1. The van der Waals surface area contributed by atoms with Crippen molar-refractivity contribution in [2.24, 2.45) is 0 Å². The van der Waals surface area contributed by atoms with Gasteiger partial charge in [0.25, 0.3) is 0 Å². The molecule has 1 atom stereocenters. The number of hydrogen-bond acceptors (Lipinski definition) is 5. The van der Waals surface area contributed by atoms with Crippen molar-refractivity contribution < 1.29 is 14.3 Å². The molecular weight excluding hydrogens is 358 g/mol. The summed E-state index contributed by atoms with van der Waals surface area (Å²) >= 11 is 0. The fourth-order valence-electron chi connectivity index (χ4n) is 3.01. The summed E-state index contributed by atoms with van der Waals surface area (Å²) in [4.78, 5) is 33.1. The Labute approximate surface area is 164 Å². The number of nitrogens with zero attached hydrogens (tertiary/aromatic N) is 3. The number of amides is 3.